The highest BCUT2D eigenvalue weighted by molar-refractivity contribution is 7.26. The molecule has 0 amide bonds. The molecule has 0 aliphatic carbocycles. The van der Waals surface area contributed by atoms with Crippen LogP contribution in [0.25, 0.3) is 120 Å². The zero-order valence-electron chi connectivity index (χ0n) is 30.9. The maximum Gasteiger partial charge on any atom is 0.167 e. The first-order valence-electron chi connectivity index (χ1n) is 19.3. The number of aromatic nitrogens is 4. The van der Waals surface area contributed by atoms with Gasteiger partial charge in [-0.05, 0) is 53.6 Å². The van der Waals surface area contributed by atoms with Crippen LogP contribution in [-0.4, -0.2) is 19.9 Å². The van der Waals surface area contributed by atoms with Gasteiger partial charge in [0.25, 0.3) is 0 Å². The predicted molar refractivity (Wildman–Crippen MR) is 240 cm³/mol. The first-order chi connectivity index (χ1) is 28.7. The molecule has 0 saturated carbocycles. The van der Waals surface area contributed by atoms with Crippen LogP contribution in [0.1, 0.15) is 0 Å². The van der Waals surface area contributed by atoms with Crippen LogP contribution in [0, 0.1) is 0 Å². The summed E-state index contributed by atoms with van der Waals surface area (Å²) in [5, 5.41) is 8.13. The molecule has 0 aliphatic heterocycles. The Morgan fingerprint density at radius 3 is 1.88 bits per heavy atom. The van der Waals surface area contributed by atoms with E-state index in [9.17, 15) is 0 Å². The van der Waals surface area contributed by atoms with Crippen molar-refractivity contribution in [2.75, 3.05) is 0 Å². The molecule has 6 heteroatoms. The van der Waals surface area contributed by atoms with Crippen molar-refractivity contribution in [1.29, 1.82) is 0 Å². The van der Waals surface area contributed by atoms with Crippen molar-refractivity contribution in [2.45, 2.75) is 0 Å². The fourth-order valence-corrected chi connectivity index (χ4v) is 9.52. The number of para-hydroxylation sites is 2. The minimum Gasteiger partial charge on any atom is -0.455 e. The van der Waals surface area contributed by atoms with Crippen LogP contribution in [-0.2, 0) is 0 Å². The minimum absolute atomic E-state index is 0.559. The number of rotatable bonds is 5. The molecule has 0 spiro atoms. The Hall–Kier alpha value is -7.54. The molecule has 270 valence electrons. The van der Waals surface area contributed by atoms with Gasteiger partial charge in [-0.3, -0.25) is 0 Å². The summed E-state index contributed by atoms with van der Waals surface area (Å²) in [7, 11) is 0. The fraction of sp³-hybridized carbons (Fsp3) is 0. The fourth-order valence-electron chi connectivity index (χ4n) is 8.41. The monoisotopic (exact) mass is 758 g/mol. The number of hydrogen-bond acceptors (Lipinski definition) is 6. The minimum atomic E-state index is 0.559. The van der Waals surface area contributed by atoms with Gasteiger partial charge in [0.15, 0.2) is 17.5 Å². The van der Waals surface area contributed by atoms with Crippen molar-refractivity contribution in [1.82, 2.24) is 19.9 Å². The van der Waals surface area contributed by atoms with Crippen molar-refractivity contribution >= 4 is 75.1 Å². The van der Waals surface area contributed by atoms with Crippen LogP contribution in [0.5, 0.6) is 0 Å². The second-order valence-electron chi connectivity index (χ2n) is 14.6. The predicted octanol–water partition coefficient (Wildman–Crippen LogP) is 14.2. The molecule has 12 aromatic rings. The zero-order chi connectivity index (χ0) is 38.2. The number of hydrogen-bond donors (Lipinski definition) is 0. The standard InChI is InChI=1S/C52H30N4OS/c1-3-13-31(14-4-1)48-39-26-28-45-47(38-20-8-10-24-44(38)58-45)46(39)41-30-34(25-27-42(41)53-48)33-17-11-18-35(29-33)51-54-50(32-15-5-2-6-16-32)55-52(56-51)40-22-12-21-37-36-19-7-9-23-43(36)57-49(37)40/h1-30H. The van der Waals surface area contributed by atoms with E-state index in [1.54, 1.807) is 0 Å². The summed E-state index contributed by atoms with van der Waals surface area (Å²) in [4.78, 5) is 20.6. The SMILES string of the molecule is c1ccc(-c2nc(-c3cccc(-c4ccc5nc(-c6ccccc6)c6ccc7sc8ccccc8c7c6c5c4)c3)nc(-c3cccc4c3oc3ccccc34)n2)cc1. The van der Waals surface area contributed by atoms with Crippen molar-refractivity contribution in [3.05, 3.63) is 182 Å². The van der Waals surface area contributed by atoms with Gasteiger partial charge >= 0.3 is 0 Å². The summed E-state index contributed by atoms with van der Waals surface area (Å²) < 4.78 is 8.99. The summed E-state index contributed by atoms with van der Waals surface area (Å²) in [6, 6.07) is 63.3. The van der Waals surface area contributed by atoms with Crippen molar-refractivity contribution in [2.24, 2.45) is 0 Å². The third-order valence-corrected chi connectivity index (χ3v) is 12.2. The van der Waals surface area contributed by atoms with Crippen LogP contribution >= 0.6 is 11.3 Å². The molecule has 0 fully saturated rings. The summed E-state index contributed by atoms with van der Waals surface area (Å²) in [5.74, 6) is 1.75. The van der Waals surface area contributed by atoms with Crippen LogP contribution in [0.4, 0.5) is 0 Å². The molecule has 0 unspecified atom stereocenters. The Kier molecular flexibility index (Phi) is 7.33. The molecule has 0 atom stereocenters. The molecule has 0 N–H and O–H groups in total. The molecule has 4 heterocycles. The molecule has 58 heavy (non-hydrogen) atoms. The Morgan fingerprint density at radius 1 is 0.362 bits per heavy atom. The quantitative estimate of drug-likeness (QED) is 0.164. The van der Waals surface area contributed by atoms with Gasteiger partial charge in [0.05, 0.1) is 16.8 Å². The number of thiophene rings is 1. The average Bonchev–Trinajstić information content (AvgIpc) is 3.88. The lowest BCUT2D eigenvalue weighted by atomic mass is 9.94. The van der Waals surface area contributed by atoms with Crippen LogP contribution in [0.2, 0.25) is 0 Å². The average molecular weight is 759 g/mol. The number of pyridine rings is 1. The largest absolute Gasteiger partial charge is 0.455 e. The third kappa shape index (κ3) is 5.23. The highest BCUT2D eigenvalue weighted by Crippen LogP contribution is 2.44. The van der Waals surface area contributed by atoms with Gasteiger partial charge in [0, 0.05) is 63.8 Å². The molecule has 0 bridgehead atoms. The lowest BCUT2D eigenvalue weighted by Crippen LogP contribution is -2.00. The molecular weight excluding hydrogens is 729 g/mol. The molecule has 0 saturated heterocycles. The molecule has 12 rings (SSSR count). The Bertz CT molecular complexity index is 3570. The van der Waals surface area contributed by atoms with Gasteiger partial charge in [-0.25, -0.2) is 19.9 Å². The van der Waals surface area contributed by atoms with Crippen molar-refractivity contribution in [3.63, 3.8) is 0 Å². The zero-order valence-corrected chi connectivity index (χ0v) is 31.7. The normalized spacial score (nSPS) is 11.8. The van der Waals surface area contributed by atoms with E-state index in [4.69, 9.17) is 24.4 Å². The smallest absolute Gasteiger partial charge is 0.167 e. The van der Waals surface area contributed by atoms with E-state index in [-0.39, 0.29) is 0 Å². The van der Waals surface area contributed by atoms with E-state index in [2.05, 4.69) is 121 Å². The Labute approximate surface area is 336 Å². The highest BCUT2D eigenvalue weighted by atomic mass is 32.1. The van der Waals surface area contributed by atoms with Gasteiger partial charge < -0.3 is 4.42 Å². The second-order valence-corrected chi connectivity index (χ2v) is 15.6. The van der Waals surface area contributed by atoms with Crippen LogP contribution in [0.3, 0.4) is 0 Å². The second kappa shape index (κ2) is 13.0. The first kappa shape index (κ1) is 32.7. The molecule has 4 aromatic heterocycles. The van der Waals surface area contributed by atoms with Crippen molar-refractivity contribution < 1.29 is 4.42 Å². The van der Waals surface area contributed by atoms with Gasteiger partial charge in [-0.2, -0.15) is 0 Å². The lowest BCUT2D eigenvalue weighted by Gasteiger charge is -2.13. The van der Waals surface area contributed by atoms with Gasteiger partial charge in [0.1, 0.15) is 11.2 Å². The number of benzene rings is 8. The maximum absolute atomic E-state index is 6.44. The van der Waals surface area contributed by atoms with Gasteiger partial charge in [-0.1, -0.05) is 140 Å². The maximum atomic E-state index is 6.44. The summed E-state index contributed by atoms with van der Waals surface area (Å²) in [6.45, 7) is 0. The van der Waals surface area contributed by atoms with E-state index in [1.807, 2.05) is 72.0 Å². The number of furan rings is 1. The molecule has 0 radical (unpaired) electrons. The van der Waals surface area contributed by atoms with Crippen LogP contribution < -0.4 is 0 Å². The van der Waals surface area contributed by atoms with E-state index in [1.165, 1.54) is 25.6 Å². The summed E-state index contributed by atoms with van der Waals surface area (Å²) in [5.41, 5.74) is 9.42. The van der Waals surface area contributed by atoms with E-state index in [0.29, 0.717) is 17.5 Å². The van der Waals surface area contributed by atoms with Gasteiger partial charge in [-0.15, -0.1) is 11.3 Å². The van der Waals surface area contributed by atoms with E-state index < -0.39 is 0 Å². The third-order valence-electron chi connectivity index (χ3n) is 11.1. The Morgan fingerprint density at radius 2 is 1.02 bits per heavy atom. The van der Waals surface area contributed by atoms with Crippen molar-refractivity contribution in [3.8, 4) is 56.5 Å². The summed E-state index contributed by atoms with van der Waals surface area (Å²) in [6.07, 6.45) is 0. The Balaban J connectivity index is 1.06. The topological polar surface area (TPSA) is 64.7 Å². The van der Waals surface area contributed by atoms with E-state index in [0.717, 1.165) is 77.3 Å². The first-order valence-corrected chi connectivity index (χ1v) is 20.1. The molecule has 5 nitrogen and oxygen atoms in total. The molecular formula is C52H30N4OS. The summed E-state index contributed by atoms with van der Waals surface area (Å²) >= 11 is 1.84. The lowest BCUT2D eigenvalue weighted by molar-refractivity contribution is 0.669. The highest BCUT2D eigenvalue weighted by Gasteiger charge is 2.20. The van der Waals surface area contributed by atoms with Gasteiger partial charge in [0.2, 0.25) is 0 Å². The number of fused-ring (bicyclic) bond motifs is 10. The molecule has 8 aromatic carbocycles. The number of nitrogens with zero attached hydrogens (tertiary/aromatic N) is 4. The van der Waals surface area contributed by atoms with E-state index >= 15 is 0 Å². The van der Waals surface area contributed by atoms with Crippen LogP contribution in [0.15, 0.2) is 186 Å². The molecule has 0 aliphatic rings.